The van der Waals surface area contributed by atoms with Gasteiger partial charge in [0.25, 0.3) is 0 Å². The molecule has 0 atom stereocenters. The summed E-state index contributed by atoms with van der Waals surface area (Å²) in [4.78, 5) is 32.4. The first-order chi connectivity index (χ1) is 9.49. The second kappa shape index (κ2) is 3.95. The van der Waals surface area contributed by atoms with E-state index in [9.17, 15) is 25.0 Å². The molecule has 0 radical (unpaired) electrons. The molecular formula is C13H6N2O5. The zero-order valence-corrected chi connectivity index (χ0v) is 9.90. The largest absolute Gasteiger partial charge is 0.357 e. The van der Waals surface area contributed by atoms with E-state index in [1.165, 1.54) is 12.1 Å². The van der Waals surface area contributed by atoms with Gasteiger partial charge < -0.3 is 0 Å². The van der Waals surface area contributed by atoms with Crippen LogP contribution in [0.25, 0.3) is 11.1 Å². The number of nitrogens with zero attached hydrogens (tertiary/aromatic N) is 2. The smallest absolute Gasteiger partial charge is 0.288 e. The van der Waals surface area contributed by atoms with Crippen molar-refractivity contribution >= 4 is 17.2 Å². The van der Waals surface area contributed by atoms with Gasteiger partial charge in [0.15, 0.2) is 5.78 Å². The van der Waals surface area contributed by atoms with Crippen molar-refractivity contribution in [2.45, 2.75) is 0 Å². The standard InChI is InChI=1S/C13H6N2O5/c16-13(9-5-7-4-8(7)6-9)10-2-1-3-11(14(17)18)12(10)15(19)20/h1-6H. The van der Waals surface area contributed by atoms with Crippen LogP contribution in [0.2, 0.25) is 0 Å². The van der Waals surface area contributed by atoms with E-state index in [0.717, 1.165) is 17.2 Å². The van der Waals surface area contributed by atoms with Crippen molar-refractivity contribution in [1.82, 2.24) is 0 Å². The summed E-state index contributed by atoms with van der Waals surface area (Å²) in [7, 11) is 0. The van der Waals surface area contributed by atoms with Crippen molar-refractivity contribution < 1.29 is 14.6 Å². The maximum atomic E-state index is 12.2. The number of nitro groups is 2. The van der Waals surface area contributed by atoms with Crippen molar-refractivity contribution in [3.8, 4) is 11.1 Å². The molecule has 0 fully saturated rings. The zero-order chi connectivity index (χ0) is 14.4. The maximum absolute atomic E-state index is 12.2. The number of ketones is 1. The van der Waals surface area contributed by atoms with Gasteiger partial charge in [-0.05, 0) is 35.4 Å². The third-order valence-corrected chi connectivity index (χ3v) is 3.08. The monoisotopic (exact) mass is 270 g/mol. The Kier molecular flexibility index (Phi) is 2.37. The fourth-order valence-electron chi connectivity index (χ4n) is 2.10. The van der Waals surface area contributed by atoms with Crippen molar-refractivity contribution in [2.24, 2.45) is 0 Å². The Bertz CT molecular complexity index is 777. The number of benzene rings is 2. The zero-order valence-electron chi connectivity index (χ0n) is 9.90. The molecule has 0 aromatic heterocycles. The lowest BCUT2D eigenvalue weighted by molar-refractivity contribution is -0.422. The SMILES string of the molecule is O=C(c1cc2cc-2c1)c1cccc([N+](=O)[O-])c1[N+](=O)[O-]. The molecule has 0 N–H and O–H groups in total. The molecule has 2 aliphatic carbocycles. The number of nitro benzene ring substituents is 2. The minimum atomic E-state index is -0.895. The van der Waals surface area contributed by atoms with Crippen LogP contribution < -0.4 is 0 Å². The molecule has 7 heteroatoms. The molecule has 0 saturated carbocycles. The number of hydrogen-bond donors (Lipinski definition) is 0. The van der Waals surface area contributed by atoms with Crippen LogP contribution in [0, 0.1) is 20.2 Å². The lowest BCUT2D eigenvalue weighted by Gasteiger charge is -2.01. The van der Waals surface area contributed by atoms with Crippen LogP contribution >= 0.6 is 0 Å². The minimum absolute atomic E-state index is 0.269. The van der Waals surface area contributed by atoms with Gasteiger partial charge in [-0.3, -0.25) is 25.0 Å². The Labute approximate surface area is 111 Å². The van der Waals surface area contributed by atoms with Gasteiger partial charge in [0, 0.05) is 11.6 Å². The second-order valence-corrected chi connectivity index (χ2v) is 4.32. The molecular weight excluding hydrogens is 264 g/mol. The molecule has 7 nitrogen and oxygen atoms in total. The van der Waals surface area contributed by atoms with Gasteiger partial charge in [-0.2, -0.15) is 0 Å². The lowest BCUT2D eigenvalue weighted by atomic mass is 10.0. The first-order valence-electron chi connectivity index (χ1n) is 5.61. The van der Waals surface area contributed by atoms with E-state index in [0.29, 0.717) is 5.56 Å². The molecule has 20 heavy (non-hydrogen) atoms. The van der Waals surface area contributed by atoms with Crippen LogP contribution in [0.1, 0.15) is 15.9 Å². The average Bonchev–Trinajstić information content (AvgIpc) is 3.03. The Hall–Kier alpha value is -3.09. The predicted octanol–water partition coefficient (Wildman–Crippen LogP) is 2.71. The van der Waals surface area contributed by atoms with Crippen LogP contribution in [-0.2, 0) is 0 Å². The van der Waals surface area contributed by atoms with Crippen molar-refractivity contribution in [2.75, 3.05) is 0 Å². The molecule has 0 unspecified atom stereocenters. The summed E-state index contributed by atoms with van der Waals surface area (Å²) < 4.78 is 0. The van der Waals surface area contributed by atoms with Crippen molar-refractivity contribution in [3.63, 3.8) is 0 Å². The molecule has 1 aromatic carbocycles. The molecule has 0 amide bonds. The van der Waals surface area contributed by atoms with E-state index in [-0.39, 0.29) is 5.56 Å². The van der Waals surface area contributed by atoms with Crippen LogP contribution in [0.4, 0.5) is 11.4 Å². The summed E-state index contributed by atoms with van der Waals surface area (Å²) in [6.07, 6.45) is 0. The summed E-state index contributed by atoms with van der Waals surface area (Å²) in [6, 6.07) is 8.58. The molecule has 2 aliphatic rings. The van der Waals surface area contributed by atoms with Gasteiger partial charge in [0.1, 0.15) is 5.56 Å². The Morgan fingerprint density at radius 1 is 0.950 bits per heavy atom. The predicted molar refractivity (Wildman–Crippen MR) is 68.6 cm³/mol. The Morgan fingerprint density at radius 2 is 1.60 bits per heavy atom. The van der Waals surface area contributed by atoms with Gasteiger partial charge >= 0.3 is 11.4 Å². The van der Waals surface area contributed by atoms with Crippen molar-refractivity contribution in [1.29, 1.82) is 0 Å². The van der Waals surface area contributed by atoms with Crippen LogP contribution in [0.3, 0.4) is 0 Å². The third kappa shape index (κ3) is 1.72. The van der Waals surface area contributed by atoms with Gasteiger partial charge in [0.05, 0.1) is 9.85 Å². The number of carbonyl (C=O) groups is 1. The van der Waals surface area contributed by atoms with E-state index in [1.54, 1.807) is 12.1 Å². The third-order valence-electron chi connectivity index (χ3n) is 3.08. The average molecular weight is 270 g/mol. The van der Waals surface area contributed by atoms with Crippen LogP contribution in [0.15, 0.2) is 36.4 Å². The Balaban J connectivity index is 2.15. The number of para-hydroxylation sites is 1. The number of rotatable bonds is 4. The van der Waals surface area contributed by atoms with E-state index < -0.39 is 27.0 Å². The van der Waals surface area contributed by atoms with Gasteiger partial charge in [-0.25, -0.2) is 0 Å². The molecule has 0 saturated heterocycles. The highest BCUT2D eigenvalue weighted by molar-refractivity contribution is 6.14. The second-order valence-electron chi connectivity index (χ2n) is 4.32. The topological polar surface area (TPSA) is 103 Å². The van der Waals surface area contributed by atoms with E-state index in [2.05, 4.69) is 0 Å². The highest BCUT2D eigenvalue weighted by Gasteiger charge is 2.32. The van der Waals surface area contributed by atoms with E-state index in [4.69, 9.17) is 0 Å². The molecule has 0 heterocycles. The highest BCUT2D eigenvalue weighted by atomic mass is 16.6. The van der Waals surface area contributed by atoms with Gasteiger partial charge in [-0.1, -0.05) is 6.07 Å². The molecule has 0 aliphatic heterocycles. The molecule has 1 aromatic rings. The summed E-state index contributed by atoms with van der Waals surface area (Å²) in [5, 5.41) is 21.9. The minimum Gasteiger partial charge on any atom is -0.288 e. The summed E-state index contributed by atoms with van der Waals surface area (Å²) in [5.74, 6) is -0.582. The fraction of sp³-hybridized carbons (Fsp3) is 0. The number of fused-ring (bicyclic) bond motifs is 1. The fourth-order valence-corrected chi connectivity index (χ4v) is 2.10. The quantitative estimate of drug-likeness (QED) is 0.412. The van der Waals surface area contributed by atoms with Gasteiger partial charge in [-0.15, -0.1) is 0 Å². The first-order valence-corrected chi connectivity index (χ1v) is 5.61. The van der Waals surface area contributed by atoms with Crippen LogP contribution in [0.5, 0.6) is 0 Å². The number of carbonyl (C=O) groups excluding carboxylic acids is 1. The normalized spacial score (nSPS) is 11.0. The summed E-state index contributed by atoms with van der Waals surface area (Å²) in [6.45, 7) is 0. The summed E-state index contributed by atoms with van der Waals surface area (Å²) in [5.41, 5.74) is 0.422. The Morgan fingerprint density at radius 3 is 2.15 bits per heavy atom. The lowest BCUT2D eigenvalue weighted by Crippen LogP contribution is -2.07. The highest BCUT2D eigenvalue weighted by Crippen LogP contribution is 2.38. The molecule has 0 spiro atoms. The van der Waals surface area contributed by atoms with Crippen molar-refractivity contribution in [3.05, 3.63) is 67.8 Å². The summed E-state index contributed by atoms with van der Waals surface area (Å²) >= 11 is 0. The van der Waals surface area contributed by atoms with Crippen LogP contribution in [-0.4, -0.2) is 15.6 Å². The molecule has 98 valence electrons. The number of hydrogen-bond acceptors (Lipinski definition) is 5. The van der Waals surface area contributed by atoms with E-state index >= 15 is 0 Å². The first kappa shape index (κ1) is 12.0. The molecule has 0 bridgehead atoms. The van der Waals surface area contributed by atoms with Gasteiger partial charge in [0.2, 0.25) is 0 Å². The molecule has 3 rings (SSSR count). The van der Waals surface area contributed by atoms with E-state index in [1.807, 2.05) is 6.07 Å². The maximum Gasteiger partial charge on any atom is 0.357 e.